The highest BCUT2D eigenvalue weighted by Crippen LogP contribution is 2.29. The number of carbonyl (C=O) groups excluding carboxylic acids is 1. The van der Waals surface area contributed by atoms with Crippen molar-refractivity contribution in [1.82, 2.24) is 5.32 Å². The second-order valence-electron chi connectivity index (χ2n) is 5.11. The van der Waals surface area contributed by atoms with Crippen molar-refractivity contribution in [1.29, 1.82) is 0 Å². The number of amides is 1. The van der Waals surface area contributed by atoms with Crippen LogP contribution in [-0.4, -0.2) is 31.2 Å². The molecule has 1 aromatic carbocycles. The number of para-hydroxylation sites is 1. The van der Waals surface area contributed by atoms with E-state index < -0.39 is 6.10 Å². The maximum atomic E-state index is 11.6. The number of aliphatic hydroxyl groups excluding tert-OH is 1. The van der Waals surface area contributed by atoms with E-state index in [4.69, 9.17) is 0 Å². The van der Waals surface area contributed by atoms with E-state index in [1.54, 1.807) is 14.0 Å². The van der Waals surface area contributed by atoms with Crippen LogP contribution in [0, 0.1) is 5.92 Å². The molecule has 0 saturated carbocycles. The zero-order valence-electron chi connectivity index (χ0n) is 11.6. The van der Waals surface area contributed by atoms with Crippen LogP contribution >= 0.6 is 0 Å². The van der Waals surface area contributed by atoms with Gasteiger partial charge in [-0.3, -0.25) is 4.79 Å². The Morgan fingerprint density at radius 1 is 1.37 bits per heavy atom. The molecule has 1 aliphatic rings. The minimum absolute atomic E-state index is 0.125. The van der Waals surface area contributed by atoms with Gasteiger partial charge in [-0.25, -0.2) is 0 Å². The average Bonchev–Trinajstić information content (AvgIpc) is 2.46. The van der Waals surface area contributed by atoms with Gasteiger partial charge in [-0.15, -0.1) is 0 Å². The van der Waals surface area contributed by atoms with Crippen molar-refractivity contribution in [2.24, 2.45) is 5.92 Å². The Labute approximate surface area is 114 Å². The zero-order valence-corrected chi connectivity index (χ0v) is 11.6. The lowest BCUT2D eigenvalue weighted by molar-refractivity contribution is -0.125. The molecule has 2 rings (SSSR count). The number of hydrogen-bond acceptors (Lipinski definition) is 3. The molecule has 104 valence electrons. The quantitative estimate of drug-likeness (QED) is 0.872. The fourth-order valence-corrected chi connectivity index (χ4v) is 2.72. The van der Waals surface area contributed by atoms with E-state index in [1.807, 2.05) is 24.3 Å². The number of rotatable bonds is 3. The molecule has 1 saturated heterocycles. The first-order chi connectivity index (χ1) is 9.13. The fourth-order valence-electron chi connectivity index (χ4n) is 2.72. The first kappa shape index (κ1) is 13.9. The molecule has 1 atom stereocenters. The average molecular weight is 262 g/mol. The van der Waals surface area contributed by atoms with E-state index in [1.165, 1.54) is 0 Å². The van der Waals surface area contributed by atoms with Crippen molar-refractivity contribution in [2.75, 3.05) is 25.0 Å². The third kappa shape index (κ3) is 3.07. The Morgan fingerprint density at radius 3 is 2.58 bits per heavy atom. The Hall–Kier alpha value is -1.55. The van der Waals surface area contributed by atoms with E-state index in [2.05, 4.69) is 10.2 Å². The molecule has 19 heavy (non-hydrogen) atoms. The highest BCUT2D eigenvalue weighted by Gasteiger charge is 2.25. The molecule has 0 unspecified atom stereocenters. The van der Waals surface area contributed by atoms with Crippen molar-refractivity contribution in [3.05, 3.63) is 29.8 Å². The van der Waals surface area contributed by atoms with Gasteiger partial charge in [0.15, 0.2) is 0 Å². The summed E-state index contributed by atoms with van der Waals surface area (Å²) in [4.78, 5) is 13.9. The second kappa shape index (κ2) is 6.06. The van der Waals surface area contributed by atoms with Gasteiger partial charge in [0.1, 0.15) is 0 Å². The van der Waals surface area contributed by atoms with Gasteiger partial charge in [-0.05, 0) is 25.8 Å². The first-order valence-electron chi connectivity index (χ1n) is 6.87. The van der Waals surface area contributed by atoms with Crippen LogP contribution in [0.3, 0.4) is 0 Å². The normalized spacial score (nSPS) is 18.2. The van der Waals surface area contributed by atoms with Gasteiger partial charge in [0.2, 0.25) is 5.91 Å². The monoisotopic (exact) mass is 262 g/mol. The van der Waals surface area contributed by atoms with E-state index in [0.29, 0.717) is 0 Å². The molecule has 1 heterocycles. The molecular weight excluding hydrogens is 240 g/mol. The smallest absolute Gasteiger partial charge is 0.222 e. The van der Waals surface area contributed by atoms with Gasteiger partial charge in [0.05, 0.1) is 6.10 Å². The molecular formula is C15H22N2O2. The Bertz CT molecular complexity index is 438. The fraction of sp³-hybridized carbons (Fsp3) is 0.533. The van der Waals surface area contributed by atoms with Crippen molar-refractivity contribution >= 4 is 11.6 Å². The number of hydrogen-bond donors (Lipinski definition) is 2. The maximum Gasteiger partial charge on any atom is 0.222 e. The molecule has 0 spiro atoms. The van der Waals surface area contributed by atoms with E-state index in [9.17, 15) is 9.90 Å². The van der Waals surface area contributed by atoms with Gasteiger partial charge >= 0.3 is 0 Å². The van der Waals surface area contributed by atoms with Crippen molar-refractivity contribution in [2.45, 2.75) is 25.9 Å². The molecule has 1 fully saturated rings. The predicted molar refractivity (Wildman–Crippen MR) is 76.1 cm³/mol. The van der Waals surface area contributed by atoms with Gasteiger partial charge in [-0.1, -0.05) is 18.2 Å². The number of aliphatic hydroxyl groups is 1. The molecule has 0 radical (unpaired) electrons. The number of carbonyl (C=O) groups is 1. The summed E-state index contributed by atoms with van der Waals surface area (Å²) in [6.07, 6.45) is 1.27. The third-order valence-corrected chi connectivity index (χ3v) is 3.84. The van der Waals surface area contributed by atoms with Crippen molar-refractivity contribution in [3.8, 4) is 0 Å². The summed E-state index contributed by atoms with van der Waals surface area (Å²) in [6, 6.07) is 7.95. The van der Waals surface area contributed by atoms with Crippen LogP contribution in [0.1, 0.15) is 31.4 Å². The Morgan fingerprint density at radius 2 is 2.00 bits per heavy atom. The van der Waals surface area contributed by atoms with Crippen LogP contribution in [0.5, 0.6) is 0 Å². The number of nitrogens with one attached hydrogen (secondary N) is 1. The summed E-state index contributed by atoms with van der Waals surface area (Å²) in [5, 5.41) is 12.5. The number of piperidine rings is 1. The highest BCUT2D eigenvalue weighted by atomic mass is 16.3. The van der Waals surface area contributed by atoms with Crippen molar-refractivity contribution < 1.29 is 9.90 Å². The van der Waals surface area contributed by atoms with Crippen LogP contribution in [0.25, 0.3) is 0 Å². The molecule has 0 bridgehead atoms. The molecule has 4 heteroatoms. The summed E-state index contributed by atoms with van der Waals surface area (Å²) in [5.41, 5.74) is 2.05. The summed E-state index contributed by atoms with van der Waals surface area (Å²) < 4.78 is 0. The summed E-state index contributed by atoms with van der Waals surface area (Å²) in [7, 11) is 1.69. The third-order valence-electron chi connectivity index (χ3n) is 3.84. The summed E-state index contributed by atoms with van der Waals surface area (Å²) in [6.45, 7) is 3.51. The van der Waals surface area contributed by atoms with E-state index in [0.717, 1.165) is 37.2 Å². The van der Waals surface area contributed by atoms with Crippen molar-refractivity contribution in [3.63, 3.8) is 0 Å². The van der Waals surface area contributed by atoms with E-state index >= 15 is 0 Å². The molecule has 0 aromatic heterocycles. The predicted octanol–water partition coefficient (Wildman–Crippen LogP) is 1.70. The van der Waals surface area contributed by atoms with Gasteiger partial charge in [0, 0.05) is 37.3 Å². The maximum absolute atomic E-state index is 11.6. The lowest BCUT2D eigenvalue weighted by atomic mass is 9.94. The zero-order chi connectivity index (χ0) is 13.8. The molecule has 4 nitrogen and oxygen atoms in total. The minimum Gasteiger partial charge on any atom is -0.389 e. The van der Waals surface area contributed by atoms with Gasteiger partial charge in [0.25, 0.3) is 0 Å². The Kier molecular flexibility index (Phi) is 4.43. The number of benzene rings is 1. The lowest BCUT2D eigenvalue weighted by Crippen LogP contribution is -2.40. The number of nitrogens with zero attached hydrogens (tertiary/aromatic N) is 1. The molecule has 0 aliphatic carbocycles. The second-order valence-corrected chi connectivity index (χ2v) is 5.11. The first-order valence-corrected chi connectivity index (χ1v) is 6.87. The standard InChI is InChI=1S/C15H22N2O2/c1-11(18)13-5-3-4-6-14(13)17-9-7-12(8-10-17)15(19)16-2/h3-6,11-12,18H,7-10H2,1-2H3,(H,16,19)/t11-/m0/s1. The minimum atomic E-state index is -0.465. The number of anilines is 1. The van der Waals surface area contributed by atoms with Gasteiger partial charge < -0.3 is 15.3 Å². The van der Waals surface area contributed by atoms with Crippen LogP contribution in [-0.2, 0) is 4.79 Å². The molecule has 1 aliphatic heterocycles. The van der Waals surface area contributed by atoms with Crippen LogP contribution in [0.2, 0.25) is 0 Å². The van der Waals surface area contributed by atoms with E-state index in [-0.39, 0.29) is 11.8 Å². The van der Waals surface area contributed by atoms with Crippen LogP contribution in [0.15, 0.2) is 24.3 Å². The van der Waals surface area contributed by atoms with Gasteiger partial charge in [-0.2, -0.15) is 0 Å². The summed E-state index contributed by atoms with van der Waals surface area (Å²) >= 11 is 0. The highest BCUT2D eigenvalue weighted by molar-refractivity contribution is 5.78. The SMILES string of the molecule is CNC(=O)C1CCN(c2ccccc2[C@H](C)O)CC1. The molecule has 2 N–H and O–H groups in total. The largest absolute Gasteiger partial charge is 0.389 e. The van der Waals surface area contributed by atoms with Crippen LogP contribution < -0.4 is 10.2 Å². The van der Waals surface area contributed by atoms with Crippen LogP contribution in [0.4, 0.5) is 5.69 Å². The summed E-state index contributed by atoms with van der Waals surface area (Å²) in [5.74, 6) is 0.267. The lowest BCUT2D eigenvalue weighted by Gasteiger charge is -2.34. The molecule has 1 aromatic rings. The Balaban J connectivity index is 2.08. The molecule has 1 amide bonds. The topological polar surface area (TPSA) is 52.6 Å².